The lowest BCUT2D eigenvalue weighted by Gasteiger charge is -2.44. The topological polar surface area (TPSA) is 67.7 Å². The highest BCUT2D eigenvalue weighted by Gasteiger charge is 2.53. The van der Waals surface area contributed by atoms with Crippen molar-refractivity contribution in [2.75, 3.05) is 4.90 Å². The van der Waals surface area contributed by atoms with E-state index in [1.165, 1.54) is 32.0 Å². The summed E-state index contributed by atoms with van der Waals surface area (Å²) in [5.74, 6) is 1.74. The molecule has 0 N–H and O–H groups in total. The largest absolute Gasteiger partial charge is 0.310 e. The first kappa shape index (κ1) is 29.4. The lowest BCUT2D eigenvalue weighted by molar-refractivity contribution is 0.757. The second-order valence-corrected chi connectivity index (χ2v) is 14.8. The molecule has 6 nitrogen and oxygen atoms in total. The molecule has 0 saturated carbocycles. The highest BCUT2D eigenvalue weighted by Crippen LogP contribution is 2.65. The van der Waals surface area contributed by atoms with Gasteiger partial charge in [0.25, 0.3) is 0 Å². The molecule has 5 aromatic heterocycles. The zero-order valence-electron chi connectivity index (χ0n) is 27.5. The Hall–Kier alpha value is -6.35. The molecule has 1 aliphatic heterocycles. The smallest absolute Gasteiger partial charge is 0.182 e. The van der Waals surface area contributed by atoms with E-state index in [2.05, 4.69) is 99.5 Å². The molecule has 52 heavy (non-hydrogen) atoms. The summed E-state index contributed by atoms with van der Waals surface area (Å²) in [5.41, 5.74) is 11.6. The van der Waals surface area contributed by atoms with Gasteiger partial charge in [0.15, 0.2) is 17.5 Å². The second kappa shape index (κ2) is 11.3. The van der Waals surface area contributed by atoms with Crippen molar-refractivity contribution in [1.82, 2.24) is 24.9 Å². The molecule has 1 aliphatic carbocycles. The van der Waals surface area contributed by atoms with Gasteiger partial charge in [-0.3, -0.25) is 9.97 Å². The minimum Gasteiger partial charge on any atom is -0.310 e. The Balaban J connectivity index is 1.11. The van der Waals surface area contributed by atoms with Crippen LogP contribution in [0, 0.1) is 0 Å². The van der Waals surface area contributed by atoms with Crippen molar-refractivity contribution < 1.29 is 0 Å². The molecule has 2 aliphatic rings. The molecule has 244 valence electrons. The van der Waals surface area contributed by atoms with Crippen LogP contribution in [-0.4, -0.2) is 24.9 Å². The number of benzene rings is 4. The fourth-order valence-corrected chi connectivity index (χ4v) is 10.1. The number of fused-ring (bicyclic) bond motifs is 10. The van der Waals surface area contributed by atoms with Gasteiger partial charge >= 0.3 is 0 Å². The summed E-state index contributed by atoms with van der Waals surface area (Å²) in [5, 5.41) is 5.62. The minimum absolute atomic E-state index is 0.433. The Kier molecular flexibility index (Phi) is 6.40. The monoisotopic (exact) mass is 702 g/mol. The van der Waals surface area contributed by atoms with E-state index in [4.69, 9.17) is 19.9 Å². The van der Waals surface area contributed by atoms with Gasteiger partial charge in [-0.1, -0.05) is 60.7 Å². The number of hydrogen-bond acceptors (Lipinski definition) is 8. The van der Waals surface area contributed by atoms with Crippen molar-refractivity contribution in [3.05, 3.63) is 179 Å². The van der Waals surface area contributed by atoms with Crippen LogP contribution >= 0.6 is 22.7 Å². The van der Waals surface area contributed by atoms with E-state index in [9.17, 15) is 0 Å². The number of aromatic nitrogens is 5. The Morgan fingerprint density at radius 2 is 1.15 bits per heavy atom. The summed E-state index contributed by atoms with van der Waals surface area (Å²) in [6, 6.07) is 46.7. The zero-order chi connectivity index (χ0) is 34.2. The average Bonchev–Trinajstić information content (AvgIpc) is 3.95. The summed E-state index contributed by atoms with van der Waals surface area (Å²) in [6.07, 6.45) is 3.64. The summed E-state index contributed by atoms with van der Waals surface area (Å²) in [4.78, 5) is 29.2. The standard InChI is InChI=1S/C44H26N6S2/c1-2-9-27(10-3-1)41-47-42(49-43(48-41)35-13-6-7-21-45-35)28-15-17-30(18-16-28)50-37-14-5-4-12-31(37)44(32-19-23-51-39(32)40-33(44)20-24-52-40)34-25-29-11-8-22-46-36(29)26-38(34)50/h1-26H. The maximum absolute atomic E-state index is 4.96. The summed E-state index contributed by atoms with van der Waals surface area (Å²) < 4.78 is 0. The van der Waals surface area contributed by atoms with Crippen LogP contribution < -0.4 is 4.90 Å². The summed E-state index contributed by atoms with van der Waals surface area (Å²) in [6.45, 7) is 0. The van der Waals surface area contributed by atoms with Crippen molar-refractivity contribution in [1.29, 1.82) is 0 Å². The van der Waals surface area contributed by atoms with Gasteiger partial charge in [0.2, 0.25) is 0 Å². The number of nitrogens with zero attached hydrogens (tertiary/aromatic N) is 6. The third-order valence-corrected chi connectivity index (χ3v) is 12.2. The van der Waals surface area contributed by atoms with Gasteiger partial charge in [-0.05, 0) is 106 Å². The first-order valence-electron chi connectivity index (χ1n) is 17.1. The van der Waals surface area contributed by atoms with Gasteiger partial charge in [-0.25, -0.2) is 15.0 Å². The van der Waals surface area contributed by atoms with E-state index in [1.54, 1.807) is 6.20 Å². The molecular weight excluding hydrogens is 677 g/mol. The average molecular weight is 703 g/mol. The maximum Gasteiger partial charge on any atom is 0.182 e. The molecule has 9 aromatic rings. The van der Waals surface area contributed by atoms with E-state index >= 15 is 0 Å². The molecule has 8 heteroatoms. The molecule has 0 amide bonds. The number of rotatable bonds is 4. The maximum atomic E-state index is 4.96. The first-order chi connectivity index (χ1) is 25.8. The van der Waals surface area contributed by atoms with Crippen LogP contribution in [0.3, 0.4) is 0 Å². The lowest BCUT2D eigenvalue weighted by atomic mass is 9.65. The molecule has 0 saturated heterocycles. The molecule has 0 unspecified atom stereocenters. The van der Waals surface area contributed by atoms with E-state index in [0.29, 0.717) is 23.2 Å². The van der Waals surface area contributed by atoms with Gasteiger partial charge in [0.1, 0.15) is 5.69 Å². The SMILES string of the molecule is c1ccc(-c2nc(-c3ccc(N4c5ccccc5C5(c6cc7cccnc7cc64)c4ccsc4-c4sccc45)cc3)nc(-c3ccccn3)n2)cc1. The summed E-state index contributed by atoms with van der Waals surface area (Å²) in [7, 11) is 0. The number of anilines is 3. The fourth-order valence-electron chi connectivity index (χ4n) is 8.01. The fraction of sp³-hybridized carbons (Fsp3) is 0.0227. The first-order valence-corrected chi connectivity index (χ1v) is 18.8. The molecule has 11 rings (SSSR count). The van der Waals surface area contributed by atoms with Crippen molar-refractivity contribution >= 4 is 50.6 Å². The van der Waals surface area contributed by atoms with Crippen LogP contribution in [0.4, 0.5) is 17.1 Å². The quantitative estimate of drug-likeness (QED) is 0.182. The van der Waals surface area contributed by atoms with Crippen LogP contribution in [-0.2, 0) is 5.41 Å². The van der Waals surface area contributed by atoms with E-state index in [0.717, 1.165) is 39.1 Å². The molecule has 6 heterocycles. The Bertz CT molecular complexity index is 2710. The van der Waals surface area contributed by atoms with Crippen LogP contribution in [0.25, 0.3) is 55.0 Å². The normalized spacial score (nSPS) is 13.5. The van der Waals surface area contributed by atoms with Crippen LogP contribution in [0.5, 0.6) is 0 Å². The van der Waals surface area contributed by atoms with Crippen molar-refractivity contribution in [3.63, 3.8) is 0 Å². The Morgan fingerprint density at radius 1 is 0.481 bits per heavy atom. The van der Waals surface area contributed by atoms with Crippen LogP contribution in [0.1, 0.15) is 22.3 Å². The number of hydrogen-bond donors (Lipinski definition) is 0. The third-order valence-electron chi connectivity index (χ3n) is 10.2. The van der Waals surface area contributed by atoms with Crippen molar-refractivity contribution in [2.45, 2.75) is 5.41 Å². The van der Waals surface area contributed by atoms with Crippen molar-refractivity contribution in [3.8, 4) is 44.0 Å². The van der Waals surface area contributed by atoms with Gasteiger partial charge in [0, 0.05) is 44.3 Å². The third kappa shape index (κ3) is 4.19. The molecule has 4 aromatic carbocycles. The molecule has 0 radical (unpaired) electrons. The lowest BCUT2D eigenvalue weighted by Crippen LogP contribution is -2.35. The summed E-state index contributed by atoms with van der Waals surface area (Å²) >= 11 is 3.68. The predicted molar refractivity (Wildman–Crippen MR) is 211 cm³/mol. The Morgan fingerprint density at radius 3 is 1.90 bits per heavy atom. The Labute approximate surface area is 307 Å². The second-order valence-electron chi connectivity index (χ2n) is 12.9. The molecule has 0 bridgehead atoms. The van der Waals surface area contributed by atoms with Gasteiger partial charge < -0.3 is 4.90 Å². The van der Waals surface area contributed by atoms with Gasteiger partial charge in [0.05, 0.1) is 22.3 Å². The highest BCUT2D eigenvalue weighted by molar-refractivity contribution is 7.21. The molecular formula is C44H26N6S2. The zero-order valence-corrected chi connectivity index (χ0v) is 29.1. The van der Waals surface area contributed by atoms with Gasteiger partial charge in [-0.15, -0.1) is 22.7 Å². The van der Waals surface area contributed by atoms with Crippen LogP contribution in [0.2, 0.25) is 0 Å². The van der Waals surface area contributed by atoms with E-state index in [-0.39, 0.29) is 0 Å². The van der Waals surface area contributed by atoms with E-state index < -0.39 is 5.41 Å². The minimum atomic E-state index is -0.433. The number of thiophene rings is 2. The molecule has 0 atom stereocenters. The number of para-hydroxylation sites is 1. The van der Waals surface area contributed by atoms with Crippen LogP contribution in [0.15, 0.2) is 157 Å². The predicted octanol–water partition coefficient (Wildman–Crippen LogP) is 11.1. The highest BCUT2D eigenvalue weighted by atomic mass is 32.1. The molecule has 0 fully saturated rings. The molecule has 1 spiro atoms. The number of pyridine rings is 2. The van der Waals surface area contributed by atoms with E-state index in [1.807, 2.05) is 83.5 Å². The van der Waals surface area contributed by atoms with Crippen molar-refractivity contribution in [2.24, 2.45) is 0 Å². The van der Waals surface area contributed by atoms with Gasteiger partial charge in [-0.2, -0.15) is 0 Å².